The van der Waals surface area contributed by atoms with Gasteiger partial charge in [0.25, 0.3) is 0 Å². The molecule has 0 aromatic carbocycles. The second-order valence-electron chi connectivity index (χ2n) is 1.89. The molecular weight excluding hydrogens is 186 g/mol. The van der Waals surface area contributed by atoms with Crippen molar-refractivity contribution in [1.82, 2.24) is 5.32 Å². The van der Waals surface area contributed by atoms with Crippen molar-refractivity contribution < 1.29 is 9.53 Å². The molecule has 0 spiro atoms. The summed E-state index contributed by atoms with van der Waals surface area (Å²) in [7, 11) is 0. The van der Waals surface area contributed by atoms with Crippen LogP contribution >= 0.6 is 15.9 Å². The van der Waals surface area contributed by atoms with Gasteiger partial charge in [-0.25, -0.2) is 0 Å². The van der Waals surface area contributed by atoms with Gasteiger partial charge in [-0.2, -0.15) is 0 Å². The molecule has 1 saturated heterocycles. The Morgan fingerprint density at radius 3 is 3.11 bits per heavy atom. The molecular formula is C5H8BrNO2. The second kappa shape index (κ2) is 3.17. The Labute approximate surface area is 61.9 Å². The summed E-state index contributed by atoms with van der Waals surface area (Å²) in [5.41, 5.74) is 0. The van der Waals surface area contributed by atoms with E-state index in [-0.39, 0.29) is 18.6 Å². The first-order chi connectivity index (χ1) is 4.33. The lowest BCUT2D eigenvalue weighted by molar-refractivity contribution is -0.132. The van der Waals surface area contributed by atoms with E-state index in [0.29, 0.717) is 6.54 Å². The molecule has 0 aliphatic carbocycles. The molecule has 1 aliphatic heterocycles. The first-order valence-corrected chi connectivity index (χ1v) is 3.89. The van der Waals surface area contributed by atoms with Crippen LogP contribution in [-0.4, -0.2) is 30.5 Å². The number of rotatable bonds is 1. The monoisotopic (exact) mass is 193 g/mol. The van der Waals surface area contributed by atoms with Gasteiger partial charge < -0.3 is 10.1 Å². The predicted octanol–water partition coefficient (Wildman–Crippen LogP) is -0.104. The standard InChI is InChI=1S/C5H8BrNO2/c6-1-4-2-7-5(8)3-9-4/h4H,1-3H2,(H,7,8)/t4-/m1/s1. The zero-order valence-corrected chi connectivity index (χ0v) is 6.48. The van der Waals surface area contributed by atoms with Crippen molar-refractivity contribution in [2.75, 3.05) is 18.5 Å². The third-order valence-electron chi connectivity index (χ3n) is 1.15. The van der Waals surface area contributed by atoms with Crippen molar-refractivity contribution in [2.45, 2.75) is 6.10 Å². The highest BCUT2D eigenvalue weighted by Gasteiger charge is 2.16. The topological polar surface area (TPSA) is 38.3 Å². The lowest BCUT2D eigenvalue weighted by Crippen LogP contribution is -2.43. The van der Waals surface area contributed by atoms with E-state index in [1.807, 2.05) is 0 Å². The van der Waals surface area contributed by atoms with Crippen LogP contribution < -0.4 is 5.32 Å². The fraction of sp³-hybridized carbons (Fsp3) is 0.800. The highest BCUT2D eigenvalue weighted by Crippen LogP contribution is 1.99. The molecule has 0 bridgehead atoms. The van der Waals surface area contributed by atoms with Crippen LogP contribution in [0.2, 0.25) is 0 Å². The smallest absolute Gasteiger partial charge is 0.246 e. The molecule has 1 rings (SSSR count). The van der Waals surface area contributed by atoms with E-state index in [1.54, 1.807) is 0 Å². The number of hydrogen-bond donors (Lipinski definition) is 1. The summed E-state index contributed by atoms with van der Waals surface area (Å²) in [6.07, 6.45) is 0.155. The van der Waals surface area contributed by atoms with Gasteiger partial charge >= 0.3 is 0 Å². The maximum atomic E-state index is 10.5. The van der Waals surface area contributed by atoms with Crippen LogP contribution in [-0.2, 0) is 9.53 Å². The molecule has 3 nitrogen and oxygen atoms in total. The molecule has 0 aromatic heterocycles. The Bertz CT molecular complexity index is 108. The Balaban J connectivity index is 2.26. The normalized spacial score (nSPS) is 27.7. The van der Waals surface area contributed by atoms with E-state index in [1.165, 1.54) is 0 Å². The number of carbonyl (C=O) groups excluding carboxylic acids is 1. The van der Waals surface area contributed by atoms with Crippen LogP contribution in [0.4, 0.5) is 0 Å². The number of ether oxygens (including phenoxy) is 1. The highest BCUT2D eigenvalue weighted by atomic mass is 79.9. The van der Waals surface area contributed by atoms with Crippen LogP contribution in [0, 0.1) is 0 Å². The molecule has 0 unspecified atom stereocenters. The summed E-state index contributed by atoms with van der Waals surface area (Å²) < 4.78 is 5.08. The Morgan fingerprint density at radius 1 is 1.89 bits per heavy atom. The van der Waals surface area contributed by atoms with Gasteiger partial charge in [-0.15, -0.1) is 0 Å². The lowest BCUT2D eigenvalue weighted by atomic mass is 10.3. The first kappa shape index (κ1) is 7.02. The second-order valence-corrected chi connectivity index (χ2v) is 2.54. The SMILES string of the molecule is O=C1CO[C@H](CBr)CN1. The molecule has 1 atom stereocenters. The maximum Gasteiger partial charge on any atom is 0.246 e. The van der Waals surface area contributed by atoms with Crippen LogP contribution in [0.5, 0.6) is 0 Å². The molecule has 0 saturated carbocycles. The fourth-order valence-corrected chi connectivity index (χ4v) is 1.05. The van der Waals surface area contributed by atoms with Gasteiger partial charge in [-0.05, 0) is 0 Å². The van der Waals surface area contributed by atoms with E-state index in [4.69, 9.17) is 4.74 Å². The van der Waals surface area contributed by atoms with Crippen molar-refractivity contribution in [2.24, 2.45) is 0 Å². The quantitative estimate of drug-likeness (QED) is 0.591. The van der Waals surface area contributed by atoms with Crippen molar-refractivity contribution in [3.05, 3.63) is 0 Å². The molecule has 1 heterocycles. The Kier molecular flexibility index (Phi) is 2.48. The molecule has 52 valence electrons. The fourth-order valence-electron chi connectivity index (χ4n) is 0.630. The van der Waals surface area contributed by atoms with Gasteiger partial charge in [-0.3, -0.25) is 4.79 Å². The molecule has 0 radical (unpaired) electrons. The third-order valence-corrected chi connectivity index (χ3v) is 1.87. The van der Waals surface area contributed by atoms with E-state index < -0.39 is 0 Å². The summed E-state index contributed by atoms with van der Waals surface area (Å²) in [6, 6.07) is 0. The highest BCUT2D eigenvalue weighted by molar-refractivity contribution is 9.09. The zero-order valence-electron chi connectivity index (χ0n) is 4.89. The van der Waals surface area contributed by atoms with Crippen molar-refractivity contribution in [3.63, 3.8) is 0 Å². The Morgan fingerprint density at radius 2 is 2.67 bits per heavy atom. The van der Waals surface area contributed by atoms with Gasteiger partial charge in [0.2, 0.25) is 5.91 Å². The number of hydrogen-bond acceptors (Lipinski definition) is 2. The molecule has 1 aliphatic rings. The third kappa shape index (κ3) is 1.95. The molecule has 1 N–H and O–H groups in total. The lowest BCUT2D eigenvalue weighted by Gasteiger charge is -2.20. The van der Waals surface area contributed by atoms with Gasteiger partial charge in [0.05, 0.1) is 6.10 Å². The minimum Gasteiger partial charge on any atom is -0.366 e. The van der Waals surface area contributed by atoms with Crippen molar-refractivity contribution >= 4 is 21.8 Å². The average molecular weight is 194 g/mol. The van der Waals surface area contributed by atoms with Crippen LogP contribution in [0.15, 0.2) is 0 Å². The number of halogens is 1. The molecule has 1 amide bonds. The van der Waals surface area contributed by atoms with E-state index >= 15 is 0 Å². The maximum absolute atomic E-state index is 10.5. The van der Waals surface area contributed by atoms with Crippen molar-refractivity contribution in [1.29, 1.82) is 0 Å². The average Bonchev–Trinajstić information content (AvgIpc) is 1.90. The van der Waals surface area contributed by atoms with Crippen LogP contribution in [0.25, 0.3) is 0 Å². The van der Waals surface area contributed by atoms with Gasteiger partial charge in [0.1, 0.15) is 6.61 Å². The summed E-state index contributed by atoms with van der Waals surface area (Å²) in [6.45, 7) is 0.834. The molecule has 4 heteroatoms. The predicted molar refractivity (Wildman–Crippen MR) is 36.5 cm³/mol. The van der Waals surface area contributed by atoms with Gasteiger partial charge in [-0.1, -0.05) is 15.9 Å². The molecule has 0 aromatic rings. The number of alkyl halides is 1. The zero-order chi connectivity index (χ0) is 6.69. The van der Waals surface area contributed by atoms with E-state index in [9.17, 15) is 4.79 Å². The molecule has 9 heavy (non-hydrogen) atoms. The van der Waals surface area contributed by atoms with Crippen LogP contribution in [0.1, 0.15) is 0 Å². The minimum absolute atomic E-state index is 0.0211. The summed E-state index contributed by atoms with van der Waals surface area (Å²) in [4.78, 5) is 10.5. The summed E-state index contributed by atoms with van der Waals surface area (Å²) >= 11 is 3.25. The van der Waals surface area contributed by atoms with Crippen molar-refractivity contribution in [3.8, 4) is 0 Å². The van der Waals surface area contributed by atoms with Gasteiger partial charge in [0, 0.05) is 11.9 Å². The minimum atomic E-state index is -0.0211. The summed E-state index contributed by atoms with van der Waals surface area (Å²) in [5.74, 6) is -0.0211. The molecule has 1 fully saturated rings. The number of nitrogens with one attached hydrogen (secondary N) is 1. The first-order valence-electron chi connectivity index (χ1n) is 2.77. The van der Waals surface area contributed by atoms with E-state index in [0.717, 1.165) is 5.33 Å². The number of amides is 1. The van der Waals surface area contributed by atoms with Gasteiger partial charge in [0.15, 0.2) is 0 Å². The van der Waals surface area contributed by atoms with E-state index in [2.05, 4.69) is 21.2 Å². The summed E-state index contributed by atoms with van der Waals surface area (Å²) in [5, 5.41) is 3.47. The number of morpholine rings is 1. The largest absolute Gasteiger partial charge is 0.366 e. The Hall–Kier alpha value is -0.0900. The van der Waals surface area contributed by atoms with Crippen LogP contribution in [0.3, 0.4) is 0 Å². The number of carbonyl (C=O) groups is 1.